The lowest BCUT2D eigenvalue weighted by Crippen LogP contribution is -2.34. The van der Waals surface area contributed by atoms with Crippen LogP contribution in [-0.2, 0) is 4.79 Å². The molecule has 2 N–H and O–H groups in total. The molecule has 0 bridgehead atoms. The fourth-order valence-electron chi connectivity index (χ4n) is 2.14. The van der Waals surface area contributed by atoms with E-state index in [1.54, 1.807) is 18.2 Å². The van der Waals surface area contributed by atoms with Gasteiger partial charge in [-0.25, -0.2) is 0 Å². The molecule has 0 aliphatic carbocycles. The maximum absolute atomic E-state index is 12.4. The Kier molecular flexibility index (Phi) is 3.57. The van der Waals surface area contributed by atoms with Gasteiger partial charge in [0.25, 0.3) is 5.91 Å². The Bertz CT molecular complexity index is 523. The van der Waals surface area contributed by atoms with Gasteiger partial charge in [-0.3, -0.25) is 9.59 Å². The van der Waals surface area contributed by atoms with Gasteiger partial charge in [0.2, 0.25) is 0 Å². The Morgan fingerprint density at radius 2 is 2.21 bits per heavy atom. The zero-order valence-corrected chi connectivity index (χ0v) is 11.4. The highest BCUT2D eigenvalue weighted by molar-refractivity contribution is 6.03. The molecule has 1 aromatic rings. The van der Waals surface area contributed by atoms with Crippen molar-refractivity contribution in [3.05, 3.63) is 23.8 Å². The summed E-state index contributed by atoms with van der Waals surface area (Å²) in [6.45, 7) is 4.39. The number of ketones is 1. The summed E-state index contributed by atoms with van der Waals surface area (Å²) in [6, 6.07) is 5.12. The van der Waals surface area contributed by atoms with Crippen LogP contribution in [0.5, 0.6) is 5.75 Å². The van der Waals surface area contributed by atoms with E-state index in [1.807, 2.05) is 20.9 Å². The molecular weight excluding hydrogens is 244 g/mol. The molecule has 0 spiro atoms. The third kappa shape index (κ3) is 2.76. The Hall–Kier alpha value is -1.88. The van der Waals surface area contributed by atoms with Crippen LogP contribution in [0.2, 0.25) is 0 Å². The second-order valence-electron chi connectivity index (χ2n) is 5.29. The minimum atomic E-state index is -0.498. The van der Waals surface area contributed by atoms with E-state index < -0.39 is 5.41 Å². The van der Waals surface area contributed by atoms with Crippen molar-refractivity contribution in [3.8, 4) is 5.75 Å². The van der Waals surface area contributed by atoms with Gasteiger partial charge in [0, 0.05) is 17.5 Å². The first-order valence-electron chi connectivity index (χ1n) is 6.20. The maximum atomic E-state index is 12.4. The number of hydrogen-bond acceptors (Lipinski definition) is 4. The highest BCUT2D eigenvalue weighted by Gasteiger charge is 2.29. The van der Waals surface area contributed by atoms with E-state index in [-0.39, 0.29) is 18.3 Å². The summed E-state index contributed by atoms with van der Waals surface area (Å²) in [7, 11) is 1.82. The van der Waals surface area contributed by atoms with Gasteiger partial charge in [0.15, 0.2) is 12.4 Å². The molecule has 1 aromatic carbocycles. The number of Topliss-reactive ketones (excluding diaryl/α,β-unsaturated/α-hetero) is 1. The van der Waals surface area contributed by atoms with Crippen molar-refractivity contribution in [3.63, 3.8) is 0 Å². The molecule has 0 aromatic heterocycles. The molecule has 1 aliphatic heterocycles. The van der Waals surface area contributed by atoms with E-state index in [4.69, 9.17) is 4.74 Å². The number of fused-ring (bicyclic) bond motifs is 1. The van der Waals surface area contributed by atoms with Crippen LogP contribution in [0.1, 0.15) is 24.2 Å². The molecule has 0 saturated carbocycles. The zero-order chi connectivity index (χ0) is 14.0. The predicted octanol–water partition coefficient (Wildman–Crippen LogP) is 1.45. The number of hydrogen-bond donors (Lipinski definition) is 2. The van der Waals surface area contributed by atoms with Crippen LogP contribution in [0.4, 0.5) is 5.69 Å². The Labute approximate surface area is 112 Å². The topological polar surface area (TPSA) is 67.4 Å². The zero-order valence-electron chi connectivity index (χ0n) is 11.4. The van der Waals surface area contributed by atoms with Crippen LogP contribution in [-0.4, -0.2) is 31.9 Å². The molecule has 0 fully saturated rings. The van der Waals surface area contributed by atoms with E-state index >= 15 is 0 Å². The average Bonchev–Trinajstić information content (AvgIpc) is 2.36. The lowest BCUT2D eigenvalue weighted by Gasteiger charge is -2.24. The van der Waals surface area contributed by atoms with Gasteiger partial charge in [0.05, 0.1) is 5.69 Å². The van der Waals surface area contributed by atoms with E-state index in [0.717, 1.165) is 0 Å². The number of amides is 1. The first-order valence-corrected chi connectivity index (χ1v) is 6.20. The third-order valence-electron chi connectivity index (χ3n) is 3.11. The summed E-state index contributed by atoms with van der Waals surface area (Å²) < 4.78 is 5.27. The summed E-state index contributed by atoms with van der Waals surface area (Å²) in [6.07, 6.45) is 0. The summed E-state index contributed by atoms with van der Waals surface area (Å²) in [5.74, 6) is 0.429. The molecule has 0 saturated heterocycles. The van der Waals surface area contributed by atoms with Crippen molar-refractivity contribution in [2.45, 2.75) is 13.8 Å². The minimum Gasteiger partial charge on any atom is -0.482 e. The first-order chi connectivity index (χ1) is 8.94. The van der Waals surface area contributed by atoms with Crippen molar-refractivity contribution in [1.82, 2.24) is 5.32 Å². The Morgan fingerprint density at radius 3 is 2.89 bits per heavy atom. The van der Waals surface area contributed by atoms with Gasteiger partial charge in [-0.15, -0.1) is 0 Å². The van der Waals surface area contributed by atoms with E-state index in [9.17, 15) is 9.59 Å². The molecule has 1 aliphatic rings. The molecule has 0 atom stereocenters. The lowest BCUT2D eigenvalue weighted by molar-refractivity contribution is -0.118. The van der Waals surface area contributed by atoms with Crippen molar-refractivity contribution < 1.29 is 14.3 Å². The predicted molar refractivity (Wildman–Crippen MR) is 72.6 cm³/mol. The van der Waals surface area contributed by atoms with Crippen LogP contribution < -0.4 is 15.4 Å². The lowest BCUT2D eigenvalue weighted by atomic mass is 9.84. The molecule has 2 rings (SSSR count). The number of carbonyl (C=O) groups is 2. The van der Waals surface area contributed by atoms with Crippen LogP contribution in [0.25, 0.3) is 0 Å². The van der Waals surface area contributed by atoms with Gasteiger partial charge >= 0.3 is 0 Å². The summed E-state index contributed by atoms with van der Waals surface area (Å²) in [4.78, 5) is 23.7. The SMILES string of the molecule is CNCC(C)(C)C(=O)c1ccc2c(c1)NC(=O)CO2. The highest BCUT2D eigenvalue weighted by atomic mass is 16.5. The van der Waals surface area contributed by atoms with Crippen molar-refractivity contribution in [1.29, 1.82) is 0 Å². The summed E-state index contributed by atoms with van der Waals surface area (Å²) in [5, 5.41) is 5.72. The standard InChI is InChI=1S/C14H18N2O3/c1-14(2,8-15-3)13(18)9-4-5-11-10(6-9)16-12(17)7-19-11/h4-6,15H,7-8H2,1-3H3,(H,16,17). The van der Waals surface area contributed by atoms with Crippen LogP contribution in [0.15, 0.2) is 18.2 Å². The largest absolute Gasteiger partial charge is 0.482 e. The molecule has 5 nitrogen and oxygen atoms in total. The molecular formula is C14H18N2O3. The Morgan fingerprint density at radius 1 is 1.47 bits per heavy atom. The summed E-state index contributed by atoms with van der Waals surface area (Å²) >= 11 is 0. The second-order valence-corrected chi connectivity index (χ2v) is 5.29. The fraction of sp³-hybridized carbons (Fsp3) is 0.429. The highest BCUT2D eigenvalue weighted by Crippen LogP contribution is 2.31. The van der Waals surface area contributed by atoms with E-state index in [0.29, 0.717) is 23.5 Å². The smallest absolute Gasteiger partial charge is 0.262 e. The molecule has 0 radical (unpaired) electrons. The molecule has 102 valence electrons. The van der Waals surface area contributed by atoms with Crippen LogP contribution in [0, 0.1) is 5.41 Å². The number of nitrogens with one attached hydrogen (secondary N) is 2. The number of ether oxygens (including phenoxy) is 1. The quantitative estimate of drug-likeness (QED) is 0.806. The van der Waals surface area contributed by atoms with Gasteiger partial charge in [-0.1, -0.05) is 13.8 Å². The van der Waals surface area contributed by atoms with Gasteiger partial charge in [-0.05, 0) is 25.2 Å². The molecule has 1 amide bonds. The minimum absolute atomic E-state index is 0.0194. The van der Waals surface area contributed by atoms with Crippen molar-refractivity contribution in [2.75, 3.05) is 25.5 Å². The number of rotatable bonds is 4. The molecule has 19 heavy (non-hydrogen) atoms. The van der Waals surface area contributed by atoms with Crippen molar-refractivity contribution in [2.24, 2.45) is 5.41 Å². The number of anilines is 1. The van der Waals surface area contributed by atoms with Crippen LogP contribution in [0.3, 0.4) is 0 Å². The molecule has 5 heteroatoms. The Balaban J connectivity index is 2.29. The summed E-state index contributed by atoms with van der Waals surface area (Å²) in [5.41, 5.74) is 0.634. The van der Waals surface area contributed by atoms with Crippen LogP contribution >= 0.6 is 0 Å². The second kappa shape index (κ2) is 5.01. The fourth-order valence-corrected chi connectivity index (χ4v) is 2.14. The first kappa shape index (κ1) is 13.5. The maximum Gasteiger partial charge on any atom is 0.262 e. The normalized spacial score (nSPS) is 14.4. The molecule has 1 heterocycles. The van der Waals surface area contributed by atoms with Crippen molar-refractivity contribution >= 4 is 17.4 Å². The third-order valence-corrected chi connectivity index (χ3v) is 3.11. The number of benzene rings is 1. The van der Waals surface area contributed by atoms with Gasteiger partial charge < -0.3 is 15.4 Å². The monoisotopic (exact) mass is 262 g/mol. The number of carbonyl (C=O) groups excluding carboxylic acids is 2. The molecule has 0 unspecified atom stereocenters. The van der Waals surface area contributed by atoms with E-state index in [2.05, 4.69) is 10.6 Å². The van der Waals surface area contributed by atoms with E-state index in [1.165, 1.54) is 0 Å². The van der Waals surface area contributed by atoms with Gasteiger partial charge in [0.1, 0.15) is 5.75 Å². The average molecular weight is 262 g/mol. The van der Waals surface area contributed by atoms with Gasteiger partial charge in [-0.2, -0.15) is 0 Å².